The van der Waals surface area contributed by atoms with E-state index in [1.54, 1.807) is 12.1 Å². The van der Waals surface area contributed by atoms with E-state index < -0.39 is 0 Å². The van der Waals surface area contributed by atoms with Crippen molar-refractivity contribution in [2.75, 3.05) is 7.11 Å². The molecule has 0 heterocycles. The number of esters is 1. The van der Waals surface area contributed by atoms with Gasteiger partial charge < -0.3 is 4.74 Å². The van der Waals surface area contributed by atoms with Gasteiger partial charge in [-0.3, -0.25) is 9.59 Å². The van der Waals surface area contributed by atoms with Crippen molar-refractivity contribution in [1.82, 2.24) is 0 Å². The van der Waals surface area contributed by atoms with E-state index in [1.165, 1.54) is 7.11 Å². The Morgan fingerprint density at radius 1 is 1.18 bits per heavy atom. The topological polar surface area (TPSA) is 43.4 Å². The van der Waals surface area contributed by atoms with Gasteiger partial charge in [0.05, 0.1) is 7.11 Å². The highest BCUT2D eigenvalue weighted by molar-refractivity contribution is 5.97. The molecule has 0 aromatic heterocycles. The van der Waals surface area contributed by atoms with Gasteiger partial charge >= 0.3 is 5.97 Å². The molecule has 0 aliphatic rings. The van der Waals surface area contributed by atoms with Gasteiger partial charge in [-0.15, -0.1) is 0 Å². The number of ether oxygens (including phenoxy) is 1. The fourth-order valence-corrected chi connectivity index (χ4v) is 1.65. The van der Waals surface area contributed by atoms with Gasteiger partial charge in [0, 0.05) is 17.9 Å². The van der Waals surface area contributed by atoms with Crippen molar-refractivity contribution in [2.24, 2.45) is 11.8 Å². The second-order valence-corrected chi connectivity index (χ2v) is 4.28. The zero-order valence-corrected chi connectivity index (χ0v) is 10.5. The zero-order valence-electron chi connectivity index (χ0n) is 10.5. The summed E-state index contributed by atoms with van der Waals surface area (Å²) in [6, 6.07) is 9.14. The number of Topliss-reactive ketones (excluding diaryl/α,β-unsaturated/α-hetero) is 1. The van der Waals surface area contributed by atoms with Crippen LogP contribution < -0.4 is 0 Å². The lowest BCUT2D eigenvalue weighted by molar-refractivity contribution is -0.141. The van der Waals surface area contributed by atoms with Crippen LogP contribution in [0.5, 0.6) is 0 Å². The highest BCUT2D eigenvalue weighted by atomic mass is 16.5. The molecule has 0 saturated carbocycles. The average Bonchev–Trinajstić information content (AvgIpc) is 2.37. The van der Waals surface area contributed by atoms with Crippen LogP contribution >= 0.6 is 0 Å². The molecule has 0 radical (unpaired) electrons. The molecule has 1 aromatic carbocycles. The summed E-state index contributed by atoms with van der Waals surface area (Å²) in [7, 11) is 1.36. The molecular weight excluding hydrogens is 216 g/mol. The van der Waals surface area contributed by atoms with E-state index in [4.69, 9.17) is 0 Å². The van der Waals surface area contributed by atoms with Crippen LogP contribution in [0.1, 0.15) is 30.6 Å². The molecule has 0 bridgehead atoms. The maximum Gasteiger partial charge on any atom is 0.305 e. The zero-order chi connectivity index (χ0) is 12.8. The number of rotatable bonds is 5. The molecule has 0 spiro atoms. The summed E-state index contributed by atoms with van der Waals surface area (Å²) in [5, 5.41) is 0. The van der Waals surface area contributed by atoms with Crippen LogP contribution in [-0.4, -0.2) is 18.9 Å². The Kier molecular flexibility index (Phi) is 4.88. The van der Waals surface area contributed by atoms with Crippen molar-refractivity contribution in [3.63, 3.8) is 0 Å². The van der Waals surface area contributed by atoms with Crippen molar-refractivity contribution in [3.8, 4) is 0 Å². The fourth-order valence-electron chi connectivity index (χ4n) is 1.65. The van der Waals surface area contributed by atoms with Gasteiger partial charge in [-0.1, -0.05) is 44.2 Å². The number of ketones is 1. The predicted octanol–water partition coefficient (Wildman–Crippen LogP) is 2.70. The lowest BCUT2D eigenvalue weighted by Crippen LogP contribution is -2.22. The lowest BCUT2D eigenvalue weighted by Gasteiger charge is -2.17. The summed E-state index contributed by atoms with van der Waals surface area (Å²) >= 11 is 0. The molecule has 2 atom stereocenters. The van der Waals surface area contributed by atoms with Gasteiger partial charge in [0.25, 0.3) is 0 Å². The summed E-state index contributed by atoms with van der Waals surface area (Å²) in [6.07, 6.45) is 0.274. The molecule has 0 amide bonds. The standard InChI is InChI=1S/C14H18O3/c1-10(9-13(15)17-3)11(2)14(16)12-7-5-4-6-8-12/h4-8,10-11H,9H2,1-3H3/t10-,11-/m0/s1. The van der Waals surface area contributed by atoms with Crippen LogP contribution in [0.25, 0.3) is 0 Å². The Morgan fingerprint density at radius 2 is 1.76 bits per heavy atom. The molecule has 17 heavy (non-hydrogen) atoms. The van der Waals surface area contributed by atoms with Gasteiger partial charge in [0.15, 0.2) is 5.78 Å². The Balaban J connectivity index is 2.67. The first-order valence-electron chi connectivity index (χ1n) is 5.72. The molecule has 1 aromatic rings. The second kappa shape index (κ2) is 6.18. The summed E-state index contributed by atoms with van der Waals surface area (Å²) in [6.45, 7) is 3.74. The number of hydrogen-bond acceptors (Lipinski definition) is 3. The highest BCUT2D eigenvalue weighted by Gasteiger charge is 2.23. The fraction of sp³-hybridized carbons (Fsp3) is 0.429. The van der Waals surface area contributed by atoms with E-state index in [2.05, 4.69) is 4.74 Å². The third kappa shape index (κ3) is 3.70. The molecule has 3 heteroatoms. The van der Waals surface area contributed by atoms with E-state index in [9.17, 15) is 9.59 Å². The molecule has 0 N–H and O–H groups in total. The quantitative estimate of drug-likeness (QED) is 0.581. The normalized spacial score (nSPS) is 13.8. The van der Waals surface area contributed by atoms with E-state index in [1.807, 2.05) is 32.0 Å². The molecule has 0 unspecified atom stereocenters. The smallest absolute Gasteiger partial charge is 0.305 e. The number of hydrogen-bond donors (Lipinski definition) is 0. The highest BCUT2D eigenvalue weighted by Crippen LogP contribution is 2.20. The molecular formula is C14H18O3. The summed E-state index contributed by atoms with van der Waals surface area (Å²) in [5.74, 6) is -0.404. The SMILES string of the molecule is COC(=O)C[C@H](C)[C@H](C)C(=O)c1ccccc1. The first-order chi connectivity index (χ1) is 8.06. The molecule has 0 aliphatic heterocycles. The molecule has 92 valence electrons. The van der Waals surface area contributed by atoms with Crippen LogP contribution in [0.2, 0.25) is 0 Å². The Labute approximate surface area is 102 Å². The van der Waals surface area contributed by atoms with Crippen LogP contribution in [-0.2, 0) is 9.53 Å². The van der Waals surface area contributed by atoms with Gasteiger partial charge in [0.2, 0.25) is 0 Å². The van der Waals surface area contributed by atoms with Gasteiger partial charge in [-0.05, 0) is 5.92 Å². The predicted molar refractivity (Wildman–Crippen MR) is 65.7 cm³/mol. The minimum atomic E-state index is -0.273. The van der Waals surface area contributed by atoms with Gasteiger partial charge in [-0.25, -0.2) is 0 Å². The molecule has 3 nitrogen and oxygen atoms in total. The molecule has 1 rings (SSSR count). The van der Waals surface area contributed by atoms with Gasteiger partial charge in [0.1, 0.15) is 0 Å². The minimum absolute atomic E-state index is 0.0184. The minimum Gasteiger partial charge on any atom is -0.469 e. The Hall–Kier alpha value is -1.64. The summed E-state index contributed by atoms with van der Waals surface area (Å²) in [4.78, 5) is 23.3. The van der Waals surface area contributed by atoms with Crippen molar-refractivity contribution in [2.45, 2.75) is 20.3 Å². The molecule has 0 saturated heterocycles. The maximum atomic E-state index is 12.1. The van der Waals surface area contributed by atoms with E-state index in [0.717, 1.165) is 0 Å². The van der Waals surface area contributed by atoms with Crippen LogP contribution in [0.15, 0.2) is 30.3 Å². The number of methoxy groups -OCH3 is 1. The Bertz CT molecular complexity index is 384. The van der Waals surface area contributed by atoms with Crippen LogP contribution in [0, 0.1) is 11.8 Å². The lowest BCUT2D eigenvalue weighted by atomic mass is 9.86. The van der Waals surface area contributed by atoms with Crippen molar-refractivity contribution < 1.29 is 14.3 Å². The second-order valence-electron chi connectivity index (χ2n) is 4.28. The average molecular weight is 234 g/mol. The third-order valence-electron chi connectivity index (χ3n) is 3.04. The van der Waals surface area contributed by atoms with Crippen LogP contribution in [0.4, 0.5) is 0 Å². The number of benzene rings is 1. The van der Waals surface area contributed by atoms with Crippen molar-refractivity contribution in [3.05, 3.63) is 35.9 Å². The van der Waals surface area contributed by atoms with Crippen LogP contribution in [0.3, 0.4) is 0 Å². The molecule has 0 fully saturated rings. The largest absolute Gasteiger partial charge is 0.469 e. The Morgan fingerprint density at radius 3 is 2.29 bits per heavy atom. The molecule has 0 aliphatic carbocycles. The van der Waals surface area contributed by atoms with Crippen molar-refractivity contribution >= 4 is 11.8 Å². The third-order valence-corrected chi connectivity index (χ3v) is 3.04. The monoisotopic (exact) mass is 234 g/mol. The first-order valence-corrected chi connectivity index (χ1v) is 5.72. The first kappa shape index (κ1) is 13.4. The van der Waals surface area contributed by atoms with Gasteiger partial charge in [-0.2, -0.15) is 0 Å². The van der Waals surface area contributed by atoms with E-state index in [-0.39, 0.29) is 30.0 Å². The summed E-state index contributed by atoms with van der Waals surface area (Å²) < 4.78 is 4.61. The summed E-state index contributed by atoms with van der Waals surface area (Å²) in [5.41, 5.74) is 0.691. The number of carbonyl (C=O) groups excluding carboxylic acids is 2. The van der Waals surface area contributed by atoms with E-state index in [0.29, 0.717) is 5.56 Å². The number of carbonyl (C=O) groups is 2. The maximum absolute atomic E-state index is 12.1. The van der Waals surface area contributed by atoms with Crippen molar-refractivity contribution in [1.29, 1.82) is 0 Å². The van der Waals surface area contributed by atoms with E-state index >= 15 is 0 Å².